The van der Waals surface area contributed by atoms with Crippen LogP contribution in [0.5, 0.6) is 0 Å². The highest BCUT2D eigenvalue weighted by Gasteiger charge is 2.13. The molecule has 0 radical (unpaired) electrons. The summed E-state index contributed by atoms with van der Waals surface area (Å²) >= 11 is 1.34. The highest BCUT2D eigenvalue weighted by molar-refractivity contribution is 8.00. The number of para-hydroxylation sites is 1. The van der Waals surface area contributed by atoms with E-state index < -0.39 is 0 Å². The van der Waals surface area contributed by atoms with Crippen LogP contribution in [0.25, 0.3) is 22.5 Å². The molecule has 4 aromatic rings. The zero-order valence-corrected chi connectivity index (χ0v) is 15.6. The summed E-state index contributed by atoms with van der Waals surface area (Å²) in [6.07, 6.45) is 1.57. The average molecular weight is 393 g/mol. The molecular weight excluding hydrogens is 377 g/mol. The van der Waals surface area contributed by atoms with Gasteiger partial charge in [-0.05, 0) is 35.9 Å². The van der Waals surface area contributed by atoms with Gasteiger partial charge in [-0.15, -0.1) is 0 Å². The van der Waals surface area contributed by atoms with Crippen LogP contribution < -0.4 is 5.32 Å². The molecule has 5 nitrogen and oxygen atoms in total. The minimum absolute atomic E-state index is 0.128. The molecule has 0 fully saturated rings. The molecule has 0 aliphatic heterocycles. The molecule has 28 heavy (non-hydrogen) atoms. The first kappa shape index (κ1) is 18.2. The first-order chi connectivity index (χ1) is 13.7. The molecule has 2 aromatic heterocycles. The normalized spacial score (nSPS) is 10.9. The highest BCUT2D eigenvalue weighted by Crippen LogP contribution is 2.28. The molecule has 2 heterocycles. The number of furan rings is 1. The fourth-order valence-corrected chi connectivity index (χ4v) is 3.51. The lowest BCUT2D eigenvalue weighted by Crippen LogP contribution is -2.24. The number of nitrogens with one attached hydrogen (secondary N) is 1. The van der Waals surface area contributed by atoms with Crippen molar-refractivity contribution in [2.24, 2.45) is 0 Å². The maximum atomic E-state index is 12.9. The van der Waals surface area contributed by atoms with Crippen LogP contribution in [0.3, 0.4) is 0 Å². The van der Waals surface area contributed by atoms with Gasteiger partial charge in [-0.25, -0.2) is 14.4 Å². The Kier molecular flexibility index (Phi) is 5.34. The third-order valence-corrected chi connectivity index (χ3v) is 5.04. The zero-order valence-electron chi connectivity index (χ0n) is 14.8. The predicted octanol–water partition coefficient (Wildman–Crippen LogP) is 4.44. The van der Waals surface area contributed by atoms with Crippen molar-refractivity contribution in [1.82, 2.24) is 15.3 Å². The Morgan fingerprint density at radius 1 is 1.04 bits per heavy atom. The van der Waals surface area contributed by atoms with Crippen molar-refractivity contribution < 1.29 is 13.6 Å². The lowest BCUT2D eigenvalue weighted by Gasteiger charge is -2.08. The predicted molar refractivity (Wildman–Crippen MR) is 106 cm³/mol. The maximum absolute atomic E-state index is 12.9. The van der Waals surface area contributed by atoms with Crippen molar-refractivity contribution in [2.75, 3.05) is 5.75 Å². The molecule has 1 amide bonds. The first-order valence-electron chi connectivity index (χ1n) is 8.63. The second-order valence-electron chi connectivity index (χ2n) is 6.04. The summed E-state index contributed by atoms with van der Waals surface area (Å²) in [5.41, 5.74) is 1.63. The molecule has 0 atom stereocenters. The van der Waals surface area contributed by atoms with Crippen molar-refractivity contribution in [2.45, 2.75) is 11.6 Å². The summed E-state index contributed by atoms with van der Waals surface area (Å²) in [4.78, 5) is 21.4. The second-order valence-corrected chi connectivity index (χ2v) is 7.00. The minimum atomic E-state index is -0.298. The van der Waals surface area contributed by atoms with Crippen LogP contribution in [0.1, 0.15) is 5.56 Å². The monoisotopic (exact) mass is 393 g/mol. The van der Waals surface area contributed by atoms with Crippen molar-refractivity contribution >= 4 is 28.6 Å². The number of hydrogen-bond acceptors (Lipinski definition) is 5. The molecule has 4 rings (SSSR count). The highest BCUT2D eigenvalue weighted by atomic mass is 32.2. The van der Waals surface area contributed by atoms with E-state index in [0.29, 0.717) is 23.2 Å². The van der Waals surface area contributed by atoms with E-state index in [1.54, 1.807) is 30.5 Å². The fourth-order valence-electron chi connectivity index (χ4n) is 2.66. The Bertz CT molecular complexity index is 1100. The molecule has 0 saturated heterocycles. The van der Waals surface area contributed by atoms with E-state index in [0.717, 1.165) is 16.5 Å². The number of amides is 1. The van der Waals surface area contributed by atoms with Gasteiger partial charge < -0.3 is 9.73 Å². The lowest BCUT2D eigenvalue weighted by molar-refractivity contribution is -0.118. The van der Waals surface area contributed by atoms with Crippen molar-refractivity contribution in [3.8, 4) is 11.6 Å². The molecule has 7 heteroatoms. The van der Waals surface area contributed by atoms with E-state index in [4.69, 9.17) is 4.42 Å². The smallest absolute Gasteiger partial charge is 0.230 e. The first-order valence-corrected chi connectivity index (χ1v) is 9.62. The lowest BCUT2D eigenvalue weighted by atomic mass is 10.2. The SMILES string of the molecule is O=C(CSc1nc(-c2ccco2)nc2ccccc12)NCc1ccc(F)cc1. The summed E-state index contributed by atoms with van der Waals surface area (Å²) in [6, 6.07) is 17.3. The Balaban J connectivity index is 1.47. The molecule has 2 aromatic carbocycles. The Morgan fingerprint density at radius 2 is 1.86 bits per heavy atom. The van der Waals surface area contributed by atoms with Crippen molar-refractivity contribution in [3.05, 3.63) is 78.3 Å². The minimum Gasteiger partial charge on any atom is -0.461 e. The van der Waals surface area contributed by atoms with Crippen molar-refractivity contribution in [1.29, 1.82) is 0 Å². The Labute approximate surface area is 165 Å². The molecule has 0 spiro atoms. The van der Waals surface area contributed by atoms with Gasteiger partial charge in [0.05, 0.1) is 17.5 Å². The topological polar surface area (TPSA) is 68.0 Å². The third-order valence-electron chi connectivity index (χ3n) is 4.05. The van der Waals surface area contributed by atoms with E-state index in [9.17, 15) is 9.18 Å². The van der Waals surface area contributed by atoms with Gasteiger partial charge in [-0.2, -0.15) is 0 Å². The average Bonchev–Trinajstić information content (AvgIpc) is 3.26. The van der Waals surface area contributed by atoms with Gasteiger partial charge in [0, 0.05) is 11.9 Å². The largest absolute Gasteiger partial charge is 0.461 e. The zero-order chi connectivity index (χ0) is 19.3. The van der Waals surface area contributed by atoms with Gasteiger partial charge in [0.15, 0.2) is 11.6 Å². The van der Waals surface area contributed by atoms with E-state index in [-0.39, 0.29) is 17.5 Å². The summed E-state index contributed by atoms with van der Waals surface area (Å²) in [7, 11) is 0. The van der Waals surface area contributed by atoms with Crippen LogP contribution in [0.2, 0.25) is 0 Å². The summed E-state index contributed by atoms with van der Waals surface area (Å²) in [5, 5.41) is 4.43. The van der Waals surface area contributed by atoms with Crippen LogP contribution in [-0.4, -0.2) is 21.6 Å². The van der Waals surface area contributed by atoms with Gasteiger partial charge in [-0.3, -0.25) is 4.79 Å². The molecule has 140 valence electrons. The second kappa shape index (κ2) is 8.22. The maximum Gasteiger partial charge on any atom is 0.230 e. The number of nitrogens with zero attached hydrogens (tertiary/aromatic N) is 2. The van der Waals surface area contributed by atoms with Gasteiger partial charge in [-0.1, -0.05) is 42.1 Å². The number of carbonyl (C=O) groups excluding carboxylic acids is 1. The summed E-state index contributed by atoms with van der Waals surface area (Å²) in [5.74, 6) is 0.844. The molecule has 0 aliphatic carbocycles. The van der Waals surface area contributed by atoms with Crippen LogP contribution in [0.4, 0.5) is 4.39 Å². The summed E-state index contributed by atoms with van der Waals surface area (Å²) < 4.78 is 18.4. The van der Waals surface area contributed by atoms with Gasteiger partial charge in [0.2, 0.25) is 5.91 Å². The number of hydrogen-bond donors (Lipinski definition) is 1. The molecule has 0 bridgehead atoms. The van der Waals surface area contributed by atoms with E-state index in [1.165, 1.54) is 23.9 Å². The van der Waals surface area contributed by atoms with Crippen LogP contribution in [0, 0.1) is 5.82 Å². The number of thioether (sulfide) groups is 1. The molecule has 1 N–H and O–H groups in total. The standard InChI is InChI=1S/C21H16FN3O2S/c22-15-9-7-14(8-10-15)12-23-19(26)13-28-21-16-4-1-2-5-17(16)24-20(25-21)18-6-3-11-27-18/h1-11H,12-13H2,(H,23,26). The quantitative estimate of drug-likeness (QED) is 0.388. The van der Waals surface area contributed by atoms with Gasteiger partial charge >= 0.3 is 0 Å². The van der Waals surface area contributed by atoms with Gasteiger partial charge in [0.1, 0.15) is 10.8 Å². The van der Waals surface area contributed by atoms with Crippen LogP contribution in [-0.2, 0) is 11.3 Å². The number of halogens is 1. The van der Waals surface area contributed by atoms with E-state index in [2.05, 4.69) is 15.3 Å². The molecule has 0 unspecified atom stereocenters. The van der Waals surface area contributed by atoms with Crippen LogP contribution in [0.15, 0.2) is 76.4 Å². The number of rotatable bonds is 6. The number of benzene rings is 2. The molecule has 0 saturated carbocycles. The van der Waals surface area contributed by atoms with Crippen molar-refractivity contribution in [3.63, 3.8) is 0 Å². The molecule has 0 aliphatic rings. The Hall–Kier alpha value is -3.19. The number of aromatic nitrogens is 2. The van der Waals surface area contributed by atoms with E-state index in [1.807, 2.05) is 24.3 Å². The summed E-state index contributed by atoms with van der Waals surface area (Å²) in [6.45, 7) is 0.349. The van der Waals surface area contributed by atoms with Gasteiger partial charge in [0.25, 0.3) is 0 Å². The molecular formula is C21H16FN3O2S. The third kappa shape index (κ3) is 4.20. The fraction of sp³-hybridized carbons (Fsp3) is 0.0952. The Morgan fingerprint density at radius 3 is 2.64 bits per heavy atom. The number of fused-ring (bicyclic) bond motifs is 1. The van der Waals surface area contributed by atoms with E-state index >= 15 is 0 Å². The number of carbonyl (C=O) groups is 1. The van der Waals surface area contributed by atoms with Crippen LogP contribution >= 0.6 is 11.8 Å².